The number of rotatable bonds is 3. The summed E-state index contributed by atoms with van der Waals surface area (Å²) in [6.07, 6.45) is 4.28. The molecular formula is C18H27N3O2. The first-order valence-electron chi connectivity index (χ1n) is 8.54. The van der Waals surface area contributed by atoms with Crippen LogP contribution in [0.3, 0.4) is 0 Å². The molecule has 3 atom stereocenters. The van der Waals surface area contributed by atoms with E-state index >= 15 is 0 Å². The molecule has 0 aromatic carbocycles. The number of allylic oxidation sites excluding steroid dienone is 2. The predicted octanol–water partition coefficient (Wildman–Crippen LogP) is 3.32. The summed E-state index contributed by atoms with van der Waals surface area (Å²) < 4.78 is 5.09. The van der Waals surface area contributed by atoms with Gasteiger partial charge in [0.25, 0.3) is 0 Å². The van der Waals surface area contributed by atoms with Crippen molar-refractivity contribution in [1.82, 2.24) is 15.0 Å². The van der Waals surface area contributed by atoms with Gasteiger partial charge in [0.2, 0.25) is 11.8 Å². The number of carbonyl (C=O) groups is 1. The molecule has 1 aromatic heterocycles. The zero-order chi connectivity index (χ0) is 16.8. The third-order valence-electron chi connectivity index (χ3n) is 5.33. The molecule has 1 aliphatic heterocycles. The fourth-order valence-corrected chi connectivity index (χ4v) is 3.89. The van der Waals surface area contributed by atoms with Crippen LogP contribution in [0, 0.1) is 24.2 Å². The van der Waals surface area contributed by atoms with Crippen molar-refractivity contribution in [2.75, 3.05) is 13.1 Å². The topological polar surface area (TPSA) is 59.2 Å². The summed E-state index contributed by atoms with van der Waals surface area (Å²) in [5.41, 5.74) is 1.36. The van der Waals surface area contributed by atoms with Crippen molar-refractivity contribution in [2.45, 2.75) is 53.4 Å². The molecular weight excluding hydrogens is 290 g/mol. The van der Waals surface area contributed by atoms with Gasteiger partial charge < -0.3 is 9.42 Å². The largest absolute Gasteiger partial charge is 0.342 e. The van der Waals surface area contributed by atoms with E-state index in [0.717, 1.165) is 25.2 Å². The normalized spacial score (nSPS) is 29.3. The number of amides is 1. The highest BCUT2D eigenvalue weighted by molar-refractivity contribution is 5.84. The molecule has 2 heterocycles. The van der Waals surface area contributed by atoms with E-state index in [4.69, 9.17) is 4.52 Å². The number of hydrogen-bond donors (Lipinski definition) is 0. The van der Waals surface area contributed by atoms with Crippen molar-refractivity contribution in [1.29, 1.82) is 0 Å². The lowest BCUT2D eigenvalue weighted by atomic mass is 9.96. The van der Waals surface area contributed by atoms with E-state index in [-0.39, 0.29) is 17.3 Å². The minimum atomic E-state index is 0.0734. The van der Waals surface area contributed by atoms with Crippen molar-refractivity contribution >= 4 is 5.91 Å². The van der Waals surface area contributed by atoms with Crippen LogP contribution in [0.5, 0.6) is 0 Å². The average molecular weight is 317 g/mol. The van der Waals surface area contributed by atoms with Crippen LogP contribution in [0.15, 0.2) is 16.2 Å². The summed E-state index contributed by atoms with van der Waals surface area (Å²) in [7, 11) is 0. The molecule has 3 rings (SSSR count). The first-order valence-corrected chi connectivity index (χ1v) is 8.54. The summed E-state index contributed by atoms with van der Waals surface area (Å²) in [4.78, 5) is 19.3. The van der Waals surface area contributed by atoms with Gasteiger partial charge in [-0.05, 0) is 38.0 Å². The van der Waals surface area contributed by atoms with Crippen molar-refractivity contribution < 1.29 is 9.32 Å². The highest BCUT2D eigenvalue weighted by atomic mass is 16.5. The molecule has 1 saturated heterocycles. The van der Waals surface area contributed by atoms with E-state index in [1.807, 2.05) is 4.90 Å². The molecule has 0 radical (unpaired) electrons. The molecule has 1 amide bonds. The Bertz CT molecular complexity index is 628. The second kappa shape index (κ2) is 5.77. The second-order valence-electron chi connectivity index (χ2n) is 7.86. The lowest BCUT2D eigenvalue weighted by molar-refractivity contribution is -0.134. The van der Waals surface area contributed by atoms with E-state index < -0.39 is 0 Å². The number of hydrogen-bond acceptors (Lipinski definition) is 4. The smallest absolute Gasteiger partial charge is 0.226 e. The molecule has 0 unspecified atom stereocenters. The molecule has 1 aliphatic carbocycles. The van der Waals surface area contributed by atoms with Crippen molar-refractivity contribution in [3.63, 3.8) is 0 Å². The molecule has 23 heavy (non-hydrogen) atoms. The minimum absolute atomic E-state index is 0.0734. The fourth-order valence-electron chi connectivity index (χ4n) is 3.89. The van der Waals surface area contributed by atoms with Crippen LogP contribution in [0.25, 0.3) is 0 Å². The summed E-state index contributed by atoms with van der Waals surface area (Å²) in [6, 6.07) is 0. The van der Waals surface area contributed by atoms with Crippen molar-refractivity contribution in [2.24, 2.45) is 17.3 Å². The van der Waals surface area contributed by atoms with E-state index in [1.54, 1.807) is 6.92 Å². The number of carbonyl (C=O) groups excluding carboxylic acids is 1. The van der Waals surface area contributed by atoms with Crippen LogP contribution in [0.4, 0.5) is 0 Å². The zero-order valence-corrected chi connectivity index (χ0v) is 14.8. The molecule has 0 N–H and O–H groups in total. The first kappa shape index (κ1) is 16.2. The quantitative estimate of drug-likeness (QED) is 0.802. The predicted molar refractivity (Wildman–Crippen MR) is 87.8 cm³/mol. The van der Waals surface area contributed by atoms with Gasteiger partial charge in [-0.1, -0.05) is 30.7 Å². The Morgan fingerprint density at radius 3 is 2.74 bits per heavy atom. The molecule has 1 saturated carbocycles. The summed E-state index contributed by atoms with van der Waals surface area (Å²) in [5.74, 6) is 2.32. The van der Waals surface area contributed by atoms with Crippen LogP contribution in [0.2, 0.25) is 0 Å². The standard InChI is InChI=1S/C18H27N3O2/c1-11(2)9-14-15(18(14,4)5)17(22)21-8-6-7-13(10-21)16-19-12(3)23-20-16/h9,13-15H,6-8,10H2,1-5H3/t13-,14-,15+/m1/s1. The number of piperidine rings is 1. The maximum atomic E-state index is 13.0. The van der Waals surface area contributed by atoms with Gasteiger partial charge >= 0.3 is 0 Å². The maximum Gasteiger partial charge on any atom is 0.226 e. The number of aromatic nitrogens is 2. The van der Waals surface area contributed by atoms with Gasteiger partial charge in [0.15, 0.2) is 5.82 Å². The van der Waals surface area contributed by atoms with Gasteiger partial charge in [-0.2, -0.15) is 4.98 Å². The Balaban J connectivity index is 1.69. The SMILES string of the molecule is CC(C)=C[C@@H]1[C@@H](C(=O)N2CCC[C@@H](c3noc(C)n3)C2)C1(C)C. The summed E-state index contributed by atoms with van der Waals surface area (Å²) in [6.45, 7) is 12.0. The summed E-state index contributed by atoms with van der Waals surface area (Å²) in [5, 5.41) is 4.04. The highest BCUT2D eigenvalue weighted by Gasteiger charge is 2.61. The monoisotopic (exact) mass is 317 g/mol. The third kappa shape index (κ3) is 3.06. The molecule has 2 aliphatic rings. The Hall–Kier alpha value is -1.65. The number of aryl methyl sites for hydroxylation is 1. The van der Waals surface area contributed by atoms with Crippen LogP contribution < -0.4 is 0 Å². The van der Waals surface area contributed by atoms with Crippen LogP contribution in [0.1, 0.15) is 58.2 Å². The van der Waals surface area contributed by atoms with Gasteiger partial charge in [0.05, 0.1) is 5.92 Å². The Labute approximate surface area is 138 Å². The van der Waals surface area contributed by atoms with Gasteiger partial charge in [0, 0.05) is 25.9 Å². The zero-order valence-electron chi connectivity index (χ0n) is 14.8. The highest BCUT2D eigenvalue weighted by Crippen LogP contribution is 2.60. The molecule has 1 aromatic rings. The Kier molecular flexibility index (Phi) is 4.07. The molecule has 0 spiro atoms. The first-order chi connectivity index (χ1) is 10.8. The van der Waals surface area contributed by atoms with E-state index in [1.165, 1.54) is 5.57 Å². The second-order valence-corrected chi connectivity index (χ2v) is 7.86. The average Bonchev–Trinajstić information content (AvgIpc) is 2.84. The maximum absolute atomic E-state index is 13.0. The molecule has 5 nitrogen and oxygen atoms in total. The van der Waals surface area contributed by atoms with Gasteiger partial charge in [-0.15, -0.1) is 0 Å². The van der Waals surface area contributed by atoms with Crippen LogP contribution >= 0.6 is 0 Å². The van der Waals surface area contributed by atoms with Crippen LogP contribution in [-0.2, 0) is 4.79 Å². The number of nitrogens with zero attached hydrogens (tertiary/aromatic N) is 3. The number of likely N-dealkylation sites (tertiary alicyclic amines) is 1. The molecule has 126 valence electrons. The van der Waals surface area contributed by atoms with Gasteiger partial charge in [-0.25, -0.2) is 0 Å². The van der Waals surface area contributed by atoms with Crippen LogP contribution in [-0.4, -0.2) is 34.0 Å². The third-order valence-corrected chi connectivity index (χ3v) is 5.33. The van der Waals surface area contributed by atoms with E-state index in [2.05, 4.69) is 43.9 Å². The molecule has 0 bridgehead atoms. The fraction of sp³-hybridized carbons (Fsp3) is 0.722. The van der Waals surface area contributed by atoms with Crippen molar-refractivity contribution in [3.8, 4) is 0 Å². The van der Waals surface area contributed by atoms with E-state index in [9.17, 15) is 4.79 Å². The minimum Gasteiger partial charge on any atom is -0.342 e. The van der Waals surface area contributed by atoms with Gasteiger partial charge in [0.1, 0.15) is 0 Å². The molecule has 2 fully saturated rings. The molecule has 5 heteroatoms. The van der Waals surface area contributed by atoms with E-state index in [0.29, 0.717) is 24.3 Å². The lowest BCUT2D eigenvalue weighted by Gasteiger charge is -2.31. The Morgan fingerprint density at radius 2 is 2.13 bits per heavy atom. The lowest BCUT2D eigenvalue weighted by Crippen LogP contribution is -2.41. The Morgan fingerprint density at radius 1 is 1.39 bits per heavy atom. The van der Waals surface area contributed by atoms with Crippen molar-refractivity contribution in [3.05, 3.63) is 23.4 Å². The van der Waals surface area contributed by atoms with Gasteiger partial charge in [-0.3, -0.25) is 4.79 Å². The summed E-state index contributed by atoms with van der Waals surface area (Å²) >= 11 is 0.